The van der Waals surface area contributed by atoms with E-state index in [1.807, 2.05) is 18.2 Å². The molecule has 82 valence electrons. The summed E-state index contributed by atoms with van der Waals surface area (Å²) in [4.78, 5) is 2.41. The van der Waals surface area contributed by atoms with Gasteiger partial charge >= 0.3 is 0 Å². The number of morpholine rings is 1. The normalized spacial score (nSPS) is 20.1. The van der Waals surface area contributed by atoms with E-state index in [4.69, 9.17) is 16.3 Å². The van der Waals surface area contributed by atoms with Crippen molar-refractivity contribution in [1.82, 2.24) is 4.90 Å². The first-order valence-corrected chi connectivity index (χ1v) is 5.73. The fraction of sp³-hybridized carbons (Fsp3) is 0.500. The molecule has 2 rings (SSSR count). The third-order valence-electron chi connectivity index (χ3n) is 2.95. The average Bonchev–Trinajstić information content (AvgIpc) is 2.30. The molecule has 1 aliphatic rings. The number of hydrogen-bond acceptors (Lipinski definition) is 2. The molecule has 1 aliphatic heterocycles. The van der Waals surface area contributed by atoms with E-state index in [0.29, 0.717) is 6.04 Å². The third-order valence-corrected chi connectivity index (χ3v) is 3.29. The van der Waals surface area contributed by atoms with Crippen LogP contribution in [0.1, 0.15) is 18.5 Å². The molecule has 0 bridgehead atoms. The molecule has 0 N–H and O–H groups in total. The molecule has 0 radical (unpaired) electrons. The van der Waals surface area contributed by atoms with Crippen LogP contribution in [0.3, 0.4) is 0 Å². The molecule has 2 nitrogen and oxygen atoms in total. The highest BCUT2D eigenvalue weighted by atomic mass is 35.5. The minimum absolute atomic E-state index is 0.377. The Morgan fingerprint density at radius 2 is 1.93 bits per heavy atom. The van der Waals surface area contributed by atoms with Crippen molar-refractivity contribution in [2.75, 3.05) is 26.3 Å². The topological polar surface area (TPSA) is 12.5 Å². The maximum Gasteiger partial charge on any atom is 0.0594 e. The summed E-state index contributed by atoms with van der Waals surface area (Å²) >= 11 is 6.18. The van der Waals surface area contributed by atoms with E-state index in [1.54, 1.807) is 0 Å². The second-order valence-corrected chi connectivity index (χ2v) is 4.25. The number of benzene rings is 1. The van der Waals surface area contributed by atoms with E-state index in [0.717, 1.165) is 31.3 Å². The summed E-state index contributed by atoms with van der Waals surface area (Å²) in [7, 11) is 0. The Hall–Kier alpha value is -0.570. The van der Waals surface area contributed by atoms with Gasteiger partial charge in [-0.15, -0.1) is 0 Å². The Morgan fingerprint density at radius 1 is 1.27 bits per heavy atom. The summed E-state index contributed by atoms with van der Waals surface area (Å²) in [6.45, 7) is 5.84. The SMILES string of the molecule is CC(c1ccccc1Cl)N1CCOCC1. The van der Waals surface area contributed by atoms with Crippen LogP contribution in [0.2, 0.25) is 5.02 Å². The third kappa shape index (κ3) is 2.51. The zero-order chi connectivity index (χ0) is 10.7. The van der Waals surface area contributed by atoms with Crippen LogP contribution in [-0.4, -0.2) is 31.2 Å². The molecule has 1 saturated heterocycles. The molecular formula is C12H16ClNO. The van der Waals surface area contributed by atoms with Crippen LogP contribution < -0.4 is 0 Å². The summed E-state index contributed by atoms with van der Waals surface area (Å²) in [6.07, 6.45) is 0. The minimum Gasteiger partial charge on any atom is -0.379 e. The highest BCUT2D eigenvalue weighted by Gasteiger charge is 2.19. The summed E-state index contributed by atoms with van der Waals surface area (Å²) in [6, 6.07) is 8.44. The van der Waals surface area contributed by atoms with Crippen LogP contribution in [0.5, 0.6) is 0 Å². The Bertz CT molecular complexity index is 323. The second-order valence-electron chi connectivity index (χ2n) is 3.85. The largest absolute Gasteiger partial charge is 0.379 e. The lowest BCUT2D eigenvalue weighted by atomic mass is 10.1. The Balaban J connectivity index is 2.12. The maximum atomic E-state index is 6.18. The summed E-state index contributed by atoms with van der Waals surface area (Å²) in [5, 5.41) is 0.858. The van der Waals surface area contributed by atoms with Crippen molar-refractivity contribution in [1.29, 1.82) is 0 Å². The molecule has 1 atom stereocenters. The van der Waals surface area contributed by atoms with Crippen molar-refractivity contribution in [2.45, 2.75) is 13.0 Å². The number of halogens is 1. The van der Waals surface area contributed by atoms with Gasteiger partial charge in [-0.2, -0.15) is 0 Å². The summed E-state index contributed by atoms with van der Waals surface area (Å²) in [5.74, 6) is 0. The Morgan fingerprint density at radius 3 is 2.60 bits per heavy atom. The van der Waals surface area contributed by atoms with E-state index < -0.39 is 0 Å². The van der Waals surface area contributed by atoms with Crippen molar-refractivity contribution >= 4 is 11.6 Å². The standard InChI is InChI=1S/C12H16ClNO/c1-10(14-6-8-15-9-7-14)11-4-2-3-5-12(11)13/h2-5,10H,6-9H2,1H3. The van der Waals surface area contributed by atoms with Crippen LogP contribution in [0.4, 0.5) is 0 Å². The first kappa shape index (κ1) is 10.9. The molecule has 1 aromatic rings. The number of hydrogen-bond donors (Lipinski definition) is 0. The van der Waals surface area contributed by atoms with Crippen molar-refractivity contribution in [2.24, 2.45) is 0 Å². The first-order chi connectivity index (χ1) is 7.29. The van der Waals surface area contributed by atoms with Gasteiger partial charge in [0.05, 0.1) is 13.2 Å². The van der Waals surface area contributed by atoms with Crippen LogP contribution >= 0.6 is 11.6 Å². The van der Waals surface area contributed by atoms with Gasteiger partial charge in [-0.1, -0.05) is 29.8 Å². The Labute approximate surface area is 95.8 Å². The number of rotatable bonds is 2. The molecule has 1 aromatic carbocycles. The molecule has 1 fully saturated rings. The zero-order valence-corrected chi connectivity index (χ0v) is 9.70. The lowest BCUT2D eigenvalue weighted by molar-refractivity contribution is 0.0199. The molecule has 3 heteroatoms. The fourth-order valence-corrected chi connectivity index (χ4v) is 2.27. The van der Waals surface area contributed by atoms with Gasteiger partial charge in [0.1, 0.15) is 0 Å². The van der Waals surface area contributed by atoms with Crippen molar-refractivity contribution in [3.8, 4) is 0 Å². The maximum absolute atomic E-state index is 6.18. The molecule has 0 aliphatic carbocycles. The van der Waals surface area contributed by atoms with Crippen LogP contribution in [0, 0.1) is 0 Å². The van der Waals surface area contributed by atoms with Crippen LogP contribution in [0.15, 0.2) is 24.3 Å². The van der Waals surface area contributed by atoms with Gasteiger partial charge in [0.25, 0.3) is 0 Å². The number of nitrogens with zero attached hydrogens (tertiary/aromatic N) is 1. The molecule has 0 spiro atoms. The van der Waals surface area contributed by atoms with Gasteiger partial charge in [0, 0.05) is 24.2 Å². The average molecular weight is 226 g/mol. The minimum atomic E-state index is 0.377. The van der Waals surface area contributed by atoms with Crippen molar-refractivity contribution in [3.05, 3.63) is 34.9 Å². The smallest absolute Gasteiger partial charge is 0.0594 e. The number of ether oxygens (including phenoxy) is 1. The van der Waals surface area contributed by atoms with E-state index in [2.05, 4.69) is 17.9 Å². The van der Waals surface area contributed by atoms with Gasteiger partial charge in [-0.25, -0.2) is 0 Å². The zero-order valence-electron chi connectivity index (χ0n) is 8.95. The first-order valence-electron chi connectivity index (χ1n) is 5.35. The molecule has 15 heavy (non-hydrogen) atoms. The second kappa shape index (κ2) is 4.97. The van der Waals surface area contributed by atoms with Crippen LogP contribution in [-0.2, 0) is 4.74 Å². The molecule has 1 unspecified atom stereocenters. The summed E-state index contributed by atoms with van der Waals surface area (Å²) < 4.78 is 5.34. The summed E-state index contributed by atoms with van der Waals surface area (Å²) in [5.41, 5.74) is 1.21. The lowest BCUT2D eigenvalue weighted by Crippen LogP contribution is -2.38. The monoisotopic (exact) mass is 225 g/mol. The van der Waals surface area contributed by atoms with Gasteiger partial charge in [-0.3, -0.25) is 4.90 Å². The van der Waals surface area contributed by atoms with E-state index in [-0.39, 0.29) is 0 Å². The predicted octanol–water partition coefficient (Wildman–Crippen LogP) is 2.73. The van der Waals surface area contributed by atoms with Gasteiger partial charge in [0.2, 0.25) is 0 Å². The van der Waals surface area contributed by atoms with Crippen molar-refractivity contribution in [3.63, 3.8) is 0 Å². The molecule has 0 saturated carbocycles. The van der Waals surface area contributed by atoms with Gasteiger partial charge < -0.3 is 4.74 Å². The molecule has 0 amide bonds. The van der Waals surface area contributed by atoms with Crippen LogP contribution in [0.25, 0.3) is 0 Å². The quantitative estimate of drug-likeness (QED) is 0.768. The van der Waals surface area contributed by atoms with Gasteiger partial charge in [0.15, 0.2) is 0 Å². The Kier molecular flexibility index (Phi) is 3.62. The predicted molar refractivity (Wildman–Crippen MR) is 62.3 cm³/mol. The lowest BCUT2D eigenvalue weighted by Gasteiger charge is -2.32. The van der Waals surface area contributed by atoms with Crippen molar-refractivity contribution < 1.29 is 4.74 Å². The molecule has 1 heterocycles. The highest BCUT2D eigenvalue weighted by Crippen LogP contribution is 2.27. The van der Waals surface area contributed by atoms with E-state index >= 15 is 0 Å². The molecular weight excluding hydrogens is 210 g/mol. The van der Waals surface area contributed by atoms with Gasteiger partial charge in [-0.05, 0) is 18.6 Å². The van der Waals surface area contributed by atoms with E-state index in [9.17, 15) is 0 Å². The fourth-order valence-electron chi connectivity index (χ4n) is 1.98. The highest BCUT2D eigenvalue weighted by molar-refractivity contribution is 6.31. The van der Waals surface area contributed by atoms with E-state index in [1.165, 1.54) is 5.56 Å². The molecule has 0 aromatic heterocycles.